The zero-order valence-electron chi connectivity index (χ0n) is 9.72. The molecule has 0 spiro atoms. The van der Waals surface area contributed by atoms with E-state index in [2.05, 4.69) is 37.5 Å². The topological polar surface area (TPSA) is 47.7 Å². The van der Waals surface area contributed by atoms with Gasteiger partial charge in [-0.3, -0.25) is 0 Å². The fraction of sp³-hybridized carbons (Fsp3) is 0.455. The minimum Gasteiger partial charge on any atom is -0.356 e. The highest BCUT2D eigenvalue weighted by atomic mass is 15.2. The Morgan fingerprint density at radius 1 is 1.38 bits per heavy atom. The minimum atomic E-state index is 0.890. The number of nitrogens with zero attached hydrogens (tertiary/aromatic N) is 4. The number of rotatable bonds is 5. The Morgan fingerprint density at radius 3 is 2.94 bits per heavy atom. The van der Waals surface area contributed by atoms with Crippen LogP contribution in [0.3, 0.4) is 0 Å². The van der Waals surface area contributed by atoms with Gasteiger partial charge in [0.2, 0.25) is 5.95 Å². The molecule has 0 aromatic carbocycles. The van der Waals surface area contributed by atoms with Crippen molar-refractivity contribution in [3.8, 4) is 0 Å². The first-order valence-electron chi connectivity index (χ1n) is 5.53. The first-order valence-corrected chi connectivity index (χ1v) is 5.53. The summed E-state index contributed by atoms with van der Waals surface area (Å²) in [5.41, 5.74) is 1.04. The zero-order valence-corrected chi connectivity index (χ0v) is 9.72. The van der Waals surface area contributed by atoms with Crippen molar-refractivity contribution in [3.63, 3.8) is 0 Å². The summed E-state index contributed by atoms with van der Waals surface area (Å²) in [6.07, 6.45) is 7.66. The van der Waals surface area contributed by atoms with E-state index >= 15 is 0 Å². The van der Waals surface area contributed by atoms with E-state index in [4.69, 9.17) is 0 Å². The van der Waals surface area contributed by atoms with Gasteiger partial charge in [-0.15, -0.1) is 0 Å². The molecule has 2 rings (SSSR count). The van der Waals surface area contributed by atoms with Crippen molar-refractivity contribution in [1.82, 2.24) is 19.1 Å². The molecule has 0 unspecified atom stereocenters. The molecule has 5 heteroatoms. The molecule has 0 saturated carbocycles. The highest BCUT2D eigenvalue weighted by Crippen LogP contribution is 2.08. The third-order valence-electron chi connectivity index (χ3n) is 2.39. The lowest BCUT2D eigenvalue weighted by molar-refractivity contribution is 0.581. The van der Waals surface area contributed by atoms with Gasteiger partial charge in [-0.25, -0.2) is 9.97 Å². The maximum atomic E-state index is 4.43. The summed E-state index contributed by atoms with van der Waals surface area (Å²) >= 11 is 0. The average molecular weight is 219 g/mol. The van der Waals surface area contributed by atoms with Crippen LogP contribution in [-0.2, 0) is 13.1 Å². The Hall–Kier alpha value is -1.78. The largest absolute Gasteiger partial charge is 0.356 e. The second-order valence-corrected chi connectivity index (χ2v) is 3.73. The molecule has 5 nitrogen and oxygen atoms in total. The summed E-state index contributed by atoms with van der Waals surface area (Å²) in [5, 5.41) is 3.25. The highest BCUT2D eigenvalue weighted by molar-refractivity contribution is 5.28. The van der Waals surface area contributed by atoms with Gasteiger partial charge in [-0.05, 0) is 13.8 Å². The van der Waals surface area contributed by atoms with E-state index in [0.29, 0.717) is 0 Å². The number of hydrogen-bond donors (Lipinski definition) is 1. The molecule has 0 aliphatic heterocycles. The van der Waals surface area contributed by atoms with E-state index in [1.54, 1.807) is 6.20 Å². The van der Waals surface area contributed by atoms with Crippen LogP contribution in [0.25, 0.3) is 0 Å². The molecule has 16 heavy (non-hydrogen) atoms. The van der Waals surface area contributed by atoms with E-state index in [-0.39, 0.29) is 0 Å². The van der Waals surface area contributed by atoms with E-state index in [9.17, 15) is 0 Å². The van der Waals surface area contributed by atoms with Crippen molar-refractivity contribution < 1.29 is 0 Å². The van der Waals surface area contributed by atoms with Gasteiger partial charge in [0.15, 0.2) is 0 Å². The molecule has 2 heterocycles. The van der Waals surface area contributed by atoms with Crippen LogP contribution < -0.4 is 5.32 Å². The van der Waals surface area contributed by atoms with Crippen LogP contribution >= 0.6 is 0 Å². The average Bonchev–Trinajstić information content (AvgIpc) is 2.86. The predicted octanol–water partition coefficient (Wildman–Crippen LogP) is 1.52. The standard InChI is InChI=1S/C11H17N5/c1-3-13-11-14-10(2)8-16(11)7-6-15-5-4-12-9-15/h4-5,8-9H,3,6-7H2,1-2H3,(H,13,14). The number of imidazole rings is 2. The van der Waals surface area contributed by atoms with E-state index in [1.165, 1.54) is 0 Å². The highest BCUT2D eigenvalue weighted by Gasteiger charge is 2.03. The van der Waals surface area contributed by atoms with Gasteiger partial charge in [0.05, 0.1) is 12.0 Å². The molecule has 0 bridgehead atoms. The Morgan fingerprint density at radius 2 is 2.25 bits per heavy atom. The van der Waals surface area contributed by atoms with Crippen molar-refractivity contribution in [2.45, 2.75) is 26.9 Å². The van der Waals surface area contributed by atoms with Gasteiger partial charge < -0.3 is 14.5 Å². The summed E-state index contributed by atoms with van der Waals surface area (Å²) in [5.74, 6) is 0.945. The summed E-state index contributed by atoms with van der Waals surface area (Å²) < 4.78 is 4.20. The van der Waals surface area contributed by atoms with Crippen molar-refractivity contribution >= 4 is 5.95 Å². The van der Waals surface area contributed by atoms with Crippen molar-refractivity contribution in [3.05, 3.63) is 30.6 Å². The maximum Gasteiger partial charge on any atom is 0.203 e. The molecule has 0 radical (unpaired) electrons. The quantitative estimate of drug-likeness (QED) is 0.829. The van der Waals surface area contributed by atoms with Crippen molar-refractivity contribution in [1.29, 1.82) is 0 Å². The lowest BCUT2D eigenvalue weighted by atomic mass is 10.5. The first-order chi connectivity index (χ1) is 7.79. The number of aromatic nitrogens is 4. The number of anilines is 1. The fourth-order valence-corrected chi connectivity index (χ4v) is 1.66. The molecule has 0 saturated heterocycles. The lowest BCUT2D eigenvalue weighted by Gasteiger charge is -2.08. The molecular formula is C11H17N5. The molecule has 0 aliphatic rings. The summed E-state index contributed by atoms with van der Waals surface area (Å²) in [7, 11) is 0. The molecule has 0 fully saturated rings. The van der Waals surface area contributed by atoms with Crippen LogP contribution in [0.2, 0.25) is 0 Å². The second-order valence-electron chi connectivity index (χ2n) is 3.73. The molecule has 0 atom stereocenters. The number of hydrogen-bond acceptors (Lipinski definition) is 3. The van der Waals surface area contributed by atoms with Crippen molar-refractivity contribution in [2.75, 3.05) is 11.9 Å². The molecule has 2 aromatic rings. The SMILES string of the molecule is CCNc1nc(C)cn1CCn1ccnc1. The van der Waals surface area contributed by atoms with E-state index in [1.807, 2.05) is 19.4 Å². The van der Waals surface area contributed by atoms with Crippen LogP contribution in [0.5, 0.6) is 0 Å². The molecule has 0 aliphatic carbocycles. The van der Waals surface area contributed by atoms with Gasteiger partial charge in [-0.1, -0.05) is 0 Å². The molecule has 2 aromatic heterocycles. The van der Waals surface area contributed by atoms with Crippen molar-refractivity contribution in [2.24, 2.45) is 0 Å². The summed E-state index contributed by atoms with van der Waals surface area (Å²) in [6.45, 7) is 6.79. The minimum absolute atomic E-state index is 0.890. The normalized spacial score (nSPS) is 10.6. The maximum absolute atomic E-state index is 4.43. The fourth-order valence-electron chi connectivity index (χ4n) is 1.66. The number of nitrogens with one attached hydrogen (secondary N) is 1. The predicted molar refractivity (Wildman–Crippen MR) is 63.4 cm³/mol. The van der Waals surface area contributed by atoms with Gasteiger partial charge in [-0.2, -0.15) is 0 Å². The first kappa shape index (κ1) is 10.7. The Balaban J connectivity index is 2.02. The lowest BCUT2D eigenvalue weighted by Crippen LogP contribution is -2.10. The Kier molecular flexibility index (Phi) is 3.24. The van der Waals surface area contributed by atoms with Gasteiger partial charge in [0.1, 0.15) is 0 Å². The zero-order chi connectivity index (χ0) is 11.4. The third kappa shape index (κ3) is 2.42. The monoisotopic (exact) mass is 219 g/mol. The summed E-state index contributed by atoms with van der Waals surface area (Å²) in [4.78, 5) is 8.45. The molecule has 86 valence electrons. The Bertz CT molecular complexity index is 429. The van der Waals surface area contributed by atoms with Gasteiger partial charge in [0, 0.05) is 38.2 Å². The van der Waals surface area contributed by atoms with Crippen LogP contribution in [0.15, 0.2) is 24.9 Å². The van der Waals surface area contributed by atoms with Gasteiger partial charge in [0.25, 0.3) is 0 Å². The molecule has 0 amide bonds. The Labute approximate surface area is 95.1 Å². The molecular weight excluding hydrogens is 202 g/mol. The molecule has 1 N–H and O–H groups in total. The van der Waals surface area contributed by atoms with Crippen LogP contribution in [-0.4, -0.2) is 25.6 Å². The van der Waals surface area contributed by atoms with E-state index < -0.39 is 0 Å². The smallest absolute Gasteiger partial charge is 0.203 e. The number of aryl methyl sites for hydroxylation is 3. The second kappa shape index (κ2) is 4.83. The van der Waals surface area contributed by atoms with Gasteiger partial charge >= 0.3 is 0 Å². The third-order valence-corrected chi connectivity index (χ3v) is 2.39. The van der Waals surface area contributed by atoms with Crippen LogP contribution in [0, 0.1) is 6.92 Å². The summed E-state index contributed by atoms with van der Waals surface area (Å²) in [6, 6.07) is 0. The van der Waals surface area contributed by atoms with E-state index in [0.717, 1.165) is 31.3 Å². The van der Waals surface area contributed by atoms with Crippen LogP contribution in [0.1, 0.15) is 12.6 Å². The van der Waals surface area contributed by atoms with Crippen LogP contribution in [0.4, 0.5) is 5.95 Å².